The topological polar surface area (TPSA) is 42.8 Å². The monoisotopic (exact) mass is 255 g/mol. The number of nitrogens with zero attached hydrogens (tertiary/aromatic N) is 2. The van der Waals surface area contributed by atoms with Crippen molar-refractivity contribution in [1.82, 2.24) is 14.8 Å². The van der Waals surface area contributed by atoms with Gasteiger partial charge in [-0.05, 0) is 37.4 Å². The number of aryl methyl sites for hydroxylation is 1. The third kappa shape index (κ3) is 3.39. The number of aromatic amines is 1. The fourth-order valence-corrected chi connectivity index (χ4v) is 2.48. The normalized spacial score (nSPS) is 20.3. The van der Waals surface area contributed by atoms with Crippen LogP contribution in [0.5, 0.6) is 0 Å². The molecule has 5 heteroatoms. The second-order valence-corrected chi connectivity index (χ2v) is 5.51. The Bertz CT molecular complexity index is 404. The van der Waals surface area contributed by atoms with Crippen LogP contribution in [-0.4, -0.2) is 27.5 Å². The van der Waals surface area contributed by atoms with Crippen LogP contribution in [0, 0.1) is 10.7 Å². The molecule has 0 bridgehead atoms. The van der Waals surface area contributed by atoms with E-state index in [-0.39, 0.29) is 0 Å². The van der Waals surface area contributed by atoms with E-state index >= 15 is 0 Å². The van der Waals surface area contributed by atoms with E-state index in [1.807, 2.05) is 0 Å². The van der Waals surface area contributed by atoms with Crippen molar-refractivity contribution in [2.45, 2.75) is 52.2 Å². The predicted octanol–water partition coefficient (Wildman–Crippen LogP) is 2.71. The number of hydrogen-bond acceptors (Lipinski definition) is 3. The van der Waals surface area contributed by atoms with Gasteiger partial charge < -0.3 is 9.30 Å². The fourth-order valence-electron chi connectivity index (χ4n) is 2.26. The van der Waals surface area contributed by atoms with Crippen LogP contribution in [0.15, 0.2) is 0 Å². The van der Waals surface area contributed by atoms with Gasteiger partial charge in [-0.2, -0.15) is 5.10 Å². The summed E-state index contributed by atoms with van der Waals surface area (Å²) in [6, 6.07) is 0. The van der Waals surface area contributed by atoms with Crippen LogP contribution < -0.4 is 0 Å². The maximum Gasteiger partial charge on any atom is 0.195 e. The van der Waals surface area contributed by atoms with E-state index in [4.69, 9.17) is 17.0 Å². The molecule has 0 radical (unpaired) electrons. The minimum atomic E-state index is 0.424. The van der Waals surface area contributed by atoms with Gasteiger partial charge >= 0.3 is 0 Å². The fraction of sp³-hybridized carbons (Fsp3) is 0.833. The molecular weight excluding hydrogens is 234 g/mol. The molecule has 1 fully saturated rings. The van der Waals surface area contributed by atoms with Crippen LogP contribution >= 0.6 is 12.2 Å². The van der Waals surface area contributed by atoms with Gasteiger partial charge in [-0.1, -0.05) is 13.8 Å². The molecule has 2 heterocycles. The number of aromatic nitrogens is 3. The Balaban J connectivity index is 1.97. The lowest BCUT2D eigenvalue weighted by Crippen LogP contribution is -2.12. The Morgan fingerprint density at radius 2 is 2.41 bits per heavy atom. The van der Waals surface area contributed by atoms with Crippen molar-refractivity contribution in [2.75, 3.05) is 6.61 Å². The van der Waals surface area contributed by atoms with Gasteiger partial charge in [-0.15, -0.1) is 0 Å². The molecule has 0 aliphatic carbocycles. The Morgan fingerprint density at radius 3 is 3.06 bits per heavy atom. The van der Waals surface area contributed by atoms with Gasteiger partial charge in [0, 0.05) is 19.6 Å². The maximum absolute atomic E-state index is 5.63. The van der Waals surface area contributed by atoms with Crippen molar-refractivity contribution < 1.29 is 4.74 Å². The Morgan fingerprint density at radius 1 is 1.59 bits per heavy atom. The lowest BCUT2D eigenvalue weighted by molar-refractivity contribution is 0.104. The third-order valence-corrected chi connectivity index (χ3v) is 3.41. The van der Waals surface area contributed by atoms with E-state index in [0.29, 0.717) is 12.0 Å². The largest absolute Gasteiger partial charge is 0.378 e. The lowest BCUT2D eigenvalue weighted by atomic mass is 10.1. The first-order chi connectivity index (χ1) is 8.16. The highest BCUT2D eigenvalue weighted by atomic mass is 32.1. The molecule has 1 aliphatic rings. The van der Waals surface area contributed by atoms with Gasteiger partial charge in [0.25, 0.3) is 0 Å². The summed E-state index contributed by atoms with van der Waals surface area (Å²) in [5.74, 6) is 1.65. The SMILES string of the molecule is CC(C)Cn1c(CCC2CCCO2)n[nH]c1=S. The number of ether oxygens (including phenoxy) is 1. The second kappa shape index (κ2) is 5.78. The van der Waals surface area contributed by atoms with Crippen molar-refractivity contribution >= 4 is 12.2 Å². The van der Waals surface area contributed by atoms with Crippen molar-refractivity contribution in [3.8, 4) is 0 Å². The molecule has 1 N–H and O–H groups in total. The van der Waals surface area contributed by atoms with E-state index in [2.05, 4.69) is 28.6 Å². The first-order valence-corrected chi connectivity index (χ1v) is 6.83. The summed E-state index contributed by atoms with van der Waals surface area (Å²) < 4.78 is 8.49. The van der Waals surface area contributed by atoms with Gasteiger partial charge in [0.1, 0.15) is 5.82 Å². The van der Waals surface area contributed by atoms with Gasteiger partial charge in [0.05, 0.1) is 6.10 Å². The summed E-state index contributed by atoms with van der Waals surface area (Å²) in [5, 5.41) is 7.21. The minimum Gasteiger partial charge on any atom is -0.378 e. The molecule has 0 amide bonds. The molecule has 17 heavy (non-hydrogen) atoms. The molecule has 1 atom stereocenters. The molecule has 4 nitrogen and oxygen atoms in total. The Hall–Kier alpha value is -0.680. The van der Waals surface area contributed by atoms with Crippen molar-refractivity contribution in [1.29, 1.82) is 0 Å². The molecule has 0 spiro atoms. The number of rotatable bonds is 5. The summed E-state index contributed by atoms with van der Waals surface area (Å²) in [6.45, 7) is 6.25. The molecule has 0 aromatic carbocycles. The number of H-pyrrole nitrogens is 1. The smallest absolute Gasteiger partial charge is 0.195 e. The van der Waals surface area contributed by atoms with E-state index in [1.54, 1.807) is 0 Å². The molecular formula is C12H21N3OS. The summed E-state index contributed by atoms with van der Waals surface area (Å²) in [4.78, 5) is 0. The standard InChI is InChI=1S/C12H21N3OS/c1-9(2)8-15-11(13-14-12(15)17)6-5-10-4-3-7-16-10/h9-10H,3-8H2,1-2H3,(H,14,17). The maximum atomic E-state index is 5.63. The highest BCUT2D eigenvalue weighted by Crippen LogP contribution is 2.17. The van der Waals surface area contributed by atoms with Gasteiger partial charge in [0.15, 0.2) is 4.77 Å². The average molecular weight is 255 g/mol. The third-order valence-electron chi connectivity index (χ3n) is 3.10. The average Bonchev–Trinajstić information content (AvgIpc) is 2.88. The van der Waals surface area contributed by atoms with E-state index in [1.165, 1.54) is 12.8 Å². The summed E-state index contributed by atoms with van der Waals surface area (Å²) in [6.07, 6.45) is 4.81. The molecule has 1 unspecified atom stereocenters. The Kier molecular flexibility index (Phi) is 4.34. The van der Waals surface area contributed by atoms with Crippen LogP contribution in [-0.2, 0) is 17.7 Å². The Labute approximate surface area is 107 Å². The highest BCUT2D eigenvalue weighted by Gasteiger charge is 2.17. The first-order valence-electron chi connectivity index (χ1n) is 6.42. The van der Waals surface area contributed by atoms with Crippen molar-refractivity contribution in [2.24, 2.45) is 5.92 Å². The summed E-state index contributed by atoms with van der Waals surface area (Å²) in [7, 11) is 0. The van der Waals surface area contributed by atoms with Gasteiger partial charge in [-0.3, -0.25) is 5.10 Å². The molecule has 1 aromatic rings. The molecule has 96 valence electrons. The minimum absolute atomic E-state index is 0.424. The van der Waals surface area contributed by atoms with Crippen LogP contribution in [0.2, 0.25) is 0 Å². The van der Waals surface area contributed by atoms with E-state index in [0.717, 1.165) is 36.6 Å². The van der Waals surface area contributed by atoms with Crippen molar-refractivity contribution in [3.63, 3.8) is 0 Å². The molecule has 1 saturated heterocycles. The predicted molar refractivity (Wildman–Crippen MR) is 69.5 cm³/mol. The van der Waals surface area contributed by atoms with Crippen LogP contribution in [0.4, 0.5) is 0 Å². The second-order valence-electron chi connectivity index (χ2n) is 5.12. The first kappa shape index (κ1) is 12.8. The molecule has 2 rings (SSSR count). The highest BCUT2D eigenvalue weighted by molar-refractivity contribution is 7.71. The zero-order valence-electron chi connectivity index (χ0n) is 10.6. The number of hydrogen-bond donors (Lipinski definition) is 1. The molecule has 1 aromatic heterocycles. The molecule has 0 saturated carbocycles. The van der Waals surface area contributed by atoms with E-state index < -0.39 is 0 Å². The zero-order chi connectivity index (χ0) is 12.3. The zero-order valence-corrected chi connectivity index (χ0v) is 11.4. The summed E-state index contributed by atoms with van der Waals surface area (Å²) in [5.41, 5.74) is 0. The van der Waals surface area contributed by atoms with Crippen LogP contribution in [0.3, 0.4) is 0 Å². The van der Waals surface area contributed by atoms with Crippen molar-refractivity contribution in [3.05, 3.63) is 10.6 Å². The van der Waals surface area contributed by atoms with Crippen LogP contribution in [0.25, 0.3) is 0 Å². The lowest BCUT2D eigenvalue weighted by Gasteiger charge is -2.11. The van der Waals surface area contributed by atoms with Crippen LogP contribution in [0.1, 0.15) is 38.9 Å². The molecule has 1 aliphatic heterocycles. The number of nitrogens with one attached hydrogen (secondary N) is 1. The quantitative estimate of drug-likeness (QED) is 0.823. The van der Waals surface area contributed by atoms with E-state index in [9.17, 15) is 0 Å². The summed E-state index contributed by atoms with van der Waals surface area (Å²) >= 11 is 5.25. The van der Waals surface area contributed by atoms with Gasteiger partial charge in [-0.25, -0.2) is 0 Å². The van der Waals surface area contributed by atoms with Gasteiger partial charge in [0.2, 0.25) is 0 Å².